The Bertz CT molecular complexity index is 478. The molecule has 2 amide bonds. The van der Waals surface area contributed by atoms with Gasteiger partial charge in [-0.05, 0) is 37.8 Å². The van der Waals surface area contributed by atoms with Crippen LogP contribution in [0.25, 0.3) is 0 Å². The summed E-state index contributed by atoms with van der Waals surface area (Å²) < 4.78 is 24.3. The Hall–Kier alpha value is -1.82. The predicted octanol–water partition coefficient (Wildman–Crippen LogP) is 2.32. The van der Waals surface area contributed by atoms with Gasteiger partial charge in [0.2, 0.25) is 0 Å². The highest BCUT2D eigenvalue weighted by Crippen LogP contribution is 2.16. The maximum atomic E-state index is 13.4. The second kappa shape index (κ2) is 8.58. The van der Waals surface area contributed by atoms with E-state index in [1.165, 1.54) is 6.07 Å². The number of rotatable bonds is 6. The minimum Gasteiger partial charge on any atom is -0.486 e. The van der Waals surface area contributed by atoms with E-state index in [1.54, 1.807) is 25.1 Å². The zero-order chi connectivity index (χ0) is 15.8. The molecule has 2 rings (SSSR count). The van der Waals surface area contributed by atoms with Gasteiger partial charge in [-0.3, -0.25) is 0 Å². The maximum absolute atomic E-state index is 13.4. The maximum Gasteiger partial charge on any atom is 0.314 e. The van der Waals surface area contributed by atoms with Gasteiger partial charge in [-0.25, -0.2) is 9.18 Å². The molecule has 1 saturated heterocycles. The number of ether oxygens (including phenoxy) is 2. The summed E-state index contributed by atoms with van der Waals surface area (Å²) in [4.78, 5) is 11.7. The summed E-state index contributed by atoms with van der Waals surface area (Å²) >= 11 is 0. The molecule has 1 aliphatic heterocycles. The molecule has 2 atom stereocenters. The number of benzene rings is 1. The van der Waals surface area contributed by atoms with Crippen molar-refractivity contribution >= 4 is 6.03 Å². The van der Waals surface area contributed by atoms with Crippen molar-refractivity contribution in [2.24, 2.45) is 5.92 Å². The number of urea groups is 1. The van der Waals surface area contributed by atoms with Crippen LogP contribution in [0.3, 0.4) is 0 Å². The van der Waals surface area contributed by atoms with E-state index in [-0.39, 0.29) is 17.9 Å². The van der Waals surface area contributed by atoms with Gasteiger partial charge in [-0.15, -0.1) is 0 Å². The lowest BCUT2D eigenvalue weighted by molar-refractivity contribution is 0.0557. The average Bonchev–Trinajstić information content (AvgIpc) is 2.54. The van der Waals surface area contributed by atoms with Crippen LogP contribution in [0.15, 0.2) is 24.3 Å². The predicted molar refractivity (Wildman–Crippen MR) is 81.4 cm³/mol. The first-order valence-electron chi connectivity index (χ1n) is 7.66. The van der Waals surface area contributed by atoms with E-state index in [1.807, 2.05) is 0 Å². The molecule has 122 valence electrons. The number of para-hydroxylation sites is 1. The molecule has 0 unspecified atom stereocenters. The molecule has 0 spiro atoms. The molecule has 2 N–H and O–H groups in total. The SMILES string of the molecule is C[C@H](CNC(=O)NC[C@H]1CCCOC1)Oc1ccccc1F. The average molecular weight is 310 g/mol. The van der Waals surface area contributed by atoms with Crippen LogP contribution in [0.4, 0.5) is 9.18 Å². The van der Waals surface area contributed by atoms with E-state index < -0.39 is 5.82 Å². The van der Waals surface area contributed by atoms with Crippen molar-refractivity contribution in [3.8, 4) is 5.75 Å². The normalized spacial score (nSPS) is 19.3. The fraction of sp³-hybridized carbons (Fsp3) is 0.562. The Labute approximate surface area is 130 Å². The molecule has 0 saturated carbocycles. The molecular weight excluding hydrogens is 287 g/mol. The number of carbonyl (C=O) groups excluding carboxylic acids is 1. The van der Waals surface area contributed by atoms with Crippen LogP contribution in [0.5, 0.6) is 5.75 Å². The highest BCUT2D eigenvalue weighted by Gasteiger charge is 2.15. The van der Waals surface area contributed by atoms with E-state index in [2.05, 4.69) is 10.6 Å². The molecule has 1 aromatic rings. The highest BCUT2D eigenvalue weighted by molar-refractivity contribution is 5.73. The largest absolute Gasteiger partial charge is 0.486 e. The zero-order valence-electron chi connectivity index (χ0n) is 12.8. The minimum absolute atomic E-state index is 0.191. The summed E-state index contributed by atoms with van der Waals surface area (Å²) in [6.45, 7) is 4.21. The van der Waals surface area contributed by atoms with E-state index in [0.717, 1.165) is 19.4 Å². The van der Waals surface area contributed by atoms with Gasteiger partial charge < -0.3 is 20.1 Å². The van der Waals surface area contributed by atoms with Crippen LogP contribution >= 0.6 is 0 Å². The van der Waals surface area contributed by atoms with Gasteiger partial charge in [0.05, 0.1) is 13.2 Å². The fourth-order valence-electron chi connectivity index (χ4n) is 2.30. The molecule has 5 nitrogen and oxygen atoms in total. The summed E-state index contributed by atoms with van der Waals surface area (Å²) in [6.07, 6.45) is 1.80. The summed E-state index contributed by atoms with van der Waals surface area (Å²) in [6, 6.07) is 5.98. The van der Waals surface area contributed by atoms with E-state index in [0.29, 0.717) is 25.6 Å². The van der Waals surface area contributed by atoms with Crippen molar-refractivity contribution < 1.29 is 18.7 Å². The van der Waals surface area contributed by atoms with Crippen molar-refractivity contribution in [3.05, 3.63) is 30.1 Å². The van der Waals surface area contributed by atoms with Gasteiger partial charge >= 0.3 is 6.03 Å². The van der Waals surface area contributed by atoms with Crippen molar-refractivity contribution in [1.82, 2.24) is 10.6 Å². The number of amides is 2. The molecule has 0 aromatic heterocycles. The zero-order valence-corrected chi connectivity index (χ0v) is 12.8. The standard InChI is InChI=1S/C16H23FN2O3/c1-12(22-15-7-3-2-6-14(15)17)9-18-16(20)19-10-13-5-4-8-21-11-13/h2-3,6-7,12-13H,4-5,8-11H2,1H3,(H2,18,19,20)/t12-,13-/m1/s1. The van der Waals surface area contributed by atoms with E-state index >= 15 is 0 Å². The van der Waals surface area contributed by atoms with Gasteiger partial charge in [0.15, 0.2) is 11.6 Å². The topological polar surface area (TPSA) is 59.6 Å². The molecule has 6 heteroatoms. The lowest BCUT2D eigenvalue weighted by Crippen LogP contribution is -2.43. The van der Waals surface area contributed by atoms with Crippen molar-refractivity contribution in [1.29, 1.82) is 0 Å². The molecule has 1 aromatic carbocycles. The smallest absolute Gasteiger partial charge is 0.314 e. The molecule has 1 heterocycles. The Balaban J connectivity index is 1.64. The Morgan fingerprint density at radius 1 is 1.45 bits per heavy atom. The Kier molecular flexibility index (Phi) is 6.45. The van der Waals surface area contributed by atoms with Gasteiger partial charge in [-0.2, -0.15) is 0 Å². The van der Waals surface area contributed by atoms with E-state index in [4.69, 9.17) is 9.47 Å². The first-order valence-corrected chi connectivity index (χ1v) is 7.66. The minimum atomic E-state index is -0.406. The highest BCUT2D eigenvalue weighted by atomic mass is 19.1. The second-order valence-electron chi connectivity index (χ2n) is 5.53. The van der Waals surface area contributed by atoms with Crippen LogP contribution in [0, 0.1) is 11.7 Å². The summed E-state index contributed by atoms with van der Waals surface area (Å²) in [5, 5.41) is 5.55. The molecule has 22 heavy (non-hydrogen) atoms. The molecule has 1 fully saturated rings. The molecule has 1 aliphatic rings. The number of nitrogens with one attached hydrogen (secondary N) is 2. The number of carbonyl (C=O) groups is 1. The third-order valence-corrected chi connectivity index (χ3v) is 3.52. The van der Waals surface area contributed by atoms with Crippen LogP contribution in [0.1, 0.15) is 19.8 Å². The Morgan fingerprint density at radius 2 is 2.27 bits per heavy atom. The molecule has 0 bridgehead atoms. The number of halogens is 1. The summed E-state index contributed by atoms with van der Waals surface area (Å²) in [5.74, 6) is 0.166. The third kappa shape index (κ3) is 5.52. The van der Waals surface area contributed by atoms with Crippen LogP contribution < -0.4 is 15.4 Å². The van der Waals surface area contributed by atoms with Crippen molar-refractivity contribution in [2.75, 3.05) is 26.3 Å². The first-order chi connectivity index (χ1) is 10.6. The summed E-state index contributed by atoms with van der Waals surface area (Å²) in [7, 11) is 0. The van der Waals surface area contributed by atoms with Crippen LogP contribution in [0.2, 0.25) is 0 Å². The van der Waals surface area contributed by atoms with Gasteiger partial charge in [-0.1, -0.05) is 12.1 Å². The van der Waals surface area contributed by atoms with Crippen LogP contribution in [-0.4, -0.2) is 38.4 Å². The lowest BCUT2D eigenvalue weighted by atomic mass is 10.0. The molecule has 0 radical (unpaired) electrons. The number of hydrogen-bond acceptors (Lipinski definition) is 3. The first kappa shape index (κ1) is 16.5. The third-order valence-electron chi connectivity index (χ3n) is 3.52. The second-order valence-corrected chi connectivity index (χ2v) is 5.53. The van der Waals surface area contributed by atoms with E-state index in [9.17, 15) is 9.18 Å². The molecule has 0 aliphatic carbocycles. The van der Waals surface area contributed by atoms with Gasteiger partial charge in [0.1, 0.15) is 6.10 Å². The quantitative estimate of drug-likeness (QED) is 0.848. The Morgan fingerprint density at radius 3 is 3.00 bits per heavy atom. The van der Waals surface area contributed by atoms with Gasteiger partial charge in [0.25, 0.3) is 0 Å². The fourth-order valence-corrected chi connectivity index (χ4v) is 2.30. The van der Waals surface area contributed by atoms with Crippen LogP contribution in [-0.2, 0) is 4.74 Å². The summed E-state index contributed by atoms with van der Waals surface area (Å²) in [5.41, 5.74) is 0. The van der Waals surface area contributed by atoms with Gasteiger partial charge in [0, 0.05) is 13.2 Å². The van der Waals surface area contributed by atoms with Crippen molar-refractivity contribution in [2.45, 2.75) is 25.9 Å². The number of hydrogen-bond donors (Lipinski definition) is 2. The monoisotopic (exact) mass is 310 g/mol. The van der Waals surface area contributed by atoms with Crippen molar-refractivity contribution in [3.63, 3.8) is 0 Å². The lowest BCUT2D eigenvalue weighted by Gasteiger charge is -2.22. The molecular formula is C16H23FN2O3.